The van der Waals surface area contributed by atoms with Crippen LogP contribution < -0.4 is 0 Å². The predicted molar refractivity (Wildman–Crippen MR) is 95.5 cm³/mol. The topological polar surface area (TPSA) is 93.2 Å². The molecule has 0 saturated carbocycles. The highest BCUT2D eigenvalue weighted by Crippen LogP contribution is 2.38. The van der Waals surface area contributed by atoms with Gasteiger partial charge in [-0.05, 0) is 25.1 Å². The van der Waals surface area contributed by atoms with Gasteiger partial charge in [0.1, 0.15) is 6.54 Å². The summed E-state index contributed by atoms with van der Waals surface area (Å²) in [4.78, 5) is 23.9. The lowest BCUT2D eigenvalue weighted by atomic mass is 10.2. The highest BCUT2D eigenvalue weighted by molar-refractivity contribution is 5.97. The second kappa shape index (κ2) is 7.60. The normalized spacial score (nSPS) is 11.1. The SMILES string of the molecule is CCOC(=O)Cn1c(O)c(N=NC(=O)c2ccccc2)c2ccccc21. The average molecular weight is 351 g/mol. The molecule has 0 bridgehead atoms. The minimum absolute atomic E-state index is 0.133. The van der Waals surface area contributed by atoms with Crippen molar-refractivity contribution >= 4 is 28.5 Å². The number of nitrogens with zero attached hydrogens (tertiary/aromatic N) is 3. The van der Waals surface area contributed by atoms with Crippen LogP contribution in [0, 0.1) is 0 Å². The number of hydrogen-bond acceptors (Lipinski definition) is 5. The highest BCUT2D eigenvalue weighted by atomic mass is 16.5. The van der Waals surface area contributed by atoms with Gasteiger partial charge in [-0.15, -0.1) is 10.2 Å². The molecule has 7 nitrogen and oxygen atoms in total. The fraction of sp³-hybridized carbons (Fsp3) is 0.158. The molecule has 132 valence electrons. The van der Waals surface area contributed by atoms with Crippen molar-refractivity contribution in [1.29, 1.82) is 0 Å². The van der Waals surface area contributed by atoms with E-state index in [1.807, 2.05) is 0 Å². The quantitative estimate of drug-likeness (QED) is 0.558. The van der Waals surface area contributed by atoms with Crippen LogP contribution >= 0.6 is 0 Å². The largest absolute Gasteiger partial charge is 0.493 e. The maximum Gasteiger partial charge on any atom is 0.326 e. The molecule has 1 amide bonds. The number of hydrogen-bond donors (Lipinski definition) is 1. The lowest BCUT2D eigenvalue weighted by Gasteiger charge is -2.06. The van der Waals surface area contributed by atoms with Crippen LogP contribution in [0.5, 0.6) is 5.88 Å². The van der Waals surface area contributed by atoms with E-state index in [0.717, 1.165) is 0 Å². The number of benzene rings is 2. The van der Waals surface area contributed by atoms with Gasteiger partial charge in [-0.25, -0.2) is 0 Å². The van der Waals surface area contributed by atoms with E-state index in [0.29, 0.717) is 16.5 Å². The van der Waals surface area contributed by atoms with E-state index in [4.69, 9.17) is 4.74 Å². The molecule has 3 rings (SSSR count). The van der Waals surface area contributed by atoms with Gasteiger partial charge >= 0.3 is 5.97 Å². The molecule has 26 heavy (non-hydrogen) atoms. The molecular formula is C19H17N3O4. The molecule has 0 unspecified atom stereocenters. The number of carbonyl (C=O) groups excluding carboxylic acids is 2. The first-order valence-corrected chi connectivity index (χ1v) is 8.08. The van der Waals surface area contributed by atoms with Gasteiger partial charge < -0.3 is 9.84 Å². The van der Waals surface area contributed by atoms with Crippen molar-refractivity contribution in [3.05, 3.63) is 60.2 Å². The second-order valence-electron chi connectivity index (χ2n) is 5.45. The van der Waals surface area contributed by atoms with E-state index in [-0.39, 0.29) is 24.7 Å². The van der Waals surface area contributed by atoms with E-state index < -0.39 is 11.9 Å². The van der Waals surface area contributed by atoms with Crippen LogP contribution in [0.25, 0.3) is 10.9 Å². The summed E-state index contributed by atoms with van der Waals surface area (Å²) < 4.78 is 6.32. The van der Waals surface area contributed by atoms with Crippen LogP contribution in [0.2, 0.25) is 0 Å². The van der Waals surface area contributed by atoms with Crippen molar-refractivity contribution in [2.24, 2.45) is 10.2 Å². The van der Waals surface area contributed by atoms with Crippen LogP contribution in [-0.4, -0.2) is 28.2 Å². The summed E-state index contributed by atoms with van der Waals surface area (Å²) in [6, 6.07) is 15.5. The molecule has 7 heteroatoms. The van der Waals surface area contributed by atoms with Crippen molar-refractivity contribution in [2.45, 2.75) is 13.5 Å². The number of esters is 1. The first-order valence-electron chi connectivity index (χ1n) is 8.08. The molecule has 0 aliphatic heterocycles. The minimum Gasteiger partial charge on any atom is -0.493 e. The summed E-state index contributed by atoms with van der Waals surface area (Å²) in [5.41, 5.74) is 1.12. The number of carbonyl (C=O) groups is 2. The predicted octanol–water partition coefficient (Wildman–Crippen LogP) is 3.83. The summed E-state index contributed by atoms with van der Waals surface area (Å²) in [6.07, 6.45) is 0. The smallest absolute Gasteiger partial charge is 0.326 e. The third-order valence-electron chi connectivity index (χ3n) is 3.77. The monoisotopic (exact) mass is 351 g/mol. The van der Waals surface area contributed by atoms with Crippen LogP contribution in [0.15, 0.2) is 64.8 Å². The van der Waals surface area contributed by atoms with Gasteiger partial charge in [-0.3, -0.25) is 14.2 Å². The summed E-state index contributed by atoms with van der Waals surface area (Å²) in [6.45, 7) is 1.79. The molecule has 2 aromatic carbocycles. The van der Waals surface area contributed by atoms with Crippen molar-refractivity contribution in [3.8, 4) is 5.88 Å². The van der Waals surface area contributed by atoms with Crippen LogP contribution in [0.4, 0.5) is 5.69 Å². The van der Waals surface area contributed by atoms with Gasteiger partial charge in [0.15, 0.2) is 5.69 Å². The Kier molecular flexibility index (Phi) is 5.07. The van der Waals surface area contributed by atoms with Crippen LogP contribution in [0.1, 0.15) is 17.3 Å². The Labute approximate surface area is 149 Å². The Balaban J connectivity index is 1.98. The Bertz CT molecular complexity index is 977. The van der Waals surface area contributed by atoms with Gasteiger partial charge in [-0.1, -0.05) is 36.4 Å². The Morgan fingerprint density at radius 2 is 1.77 bits per heavy atom. The van der Waals surface area contributed by atoms with Gasteiger partial charge in [0.2, 0.25) is 5.88 Å². The van der Waals surface area contributed by atoms with E-state index in [9.17, 15) is 14.7 Å². The molecule has 1 aromatic heterocycles. The molecule has 0 aliphatic rings. The van der Waals surface area contributed by atoms with Gasteiger partial charge in [0, 0.05) is 10.9 Å². The fourth-order valence-electron chi connectivity index (χ4n) is 2.60. The maximum atomic E-state index is 12.1. The number of rotatable bonds is 5. The maximum absolute atomic E-state index is 12.1. The first kappa shape index (κ1) is 17.3. The van der Waals surface area contributed by atoms with Crippen molar-refractivity contribution in [2.75, 3.05) is 6.61 Å². The lowest BCUT2D eigenvalue weighted by molar-refractivity contribution is -0.143. The number of aromatic nitrogens is 1. The van der Waals surface area contributed by atoms with Gasteiger partial charge in [-0.2, -0.15) is 0 Å². The van der Waals surface area contributed by atoms with Crippen molar-refractivity contribution in [3.63, 3.8) is 0 Å². The summed E-state index contributed by atoms with van der Waals surface area (Å²) in [5, 5.41) is 18.7. The summed E-state index contributed by atoms with van der Waals surface area (Å²) in [5.74, 6) is -1.25. The van der Waals surface area contributed by atoms with Gasteiger partial charge in [0.05, 0.1) is 12.1 Å². The molecule has 0 atom stereocenters. The molecule has 0 fully saturated rings. The third kappa shape index (κ3) is 3.46. The van der Waals surface area contributed by atoms with E-state index in [1.54, 1.807) is 61.5 Å². The zero-order valence-corrected chi connectivity index (χ0v) is 14.1. The number of amides is 1. The number of para-hydroxylation sites is 1. The molecule has 0 radical (unpaired) electrons. The van der Waals surface area contributed by atoms with E-state index >= 15 is 0 Å². The molecule has 1 heterocycles. The van der Waals surface area contributed by atoms with Crippen molar-refractivity contribution < 1.29 is 19.4 Å². The van der Waals surface area contributed by atoms with E-state index in [2.05, 4.69) is 10.2 Å². The number of fused-ring (bicyclic) bond motifs is 1. The van der Waals surface area contributed by atoms with Crippen LogP contribution in [-0.2, 0) is 16.1 Å². The van der Waals surface area contributed by atoms with Crippen molar-refractivity contribution in [1.82, 2.24) is 4.57 Å². The molecule has 3 aromatic rings. The Hall–Kier alpha value is -3.48. The van der Waals surface area contributed by atoms with Gasteiger partial charge in [0.25, 0.3) is 5.91 Å². The van der Waals surface area contributed by atoms with Crippen LogP contribution in [0.3, 0.4) is 0 Å². The number of aromatic hydroxyl groups is 1. The molecule has 0 spiro atoms. The molecule has 0 saturated heterocycles. The molecule has 1 N–H and O–H groups in total. The second-order valence-corrected chi connectivity index (χ2v) is 5.45. The van der Waals surface area contributed by atoms with E-state index in [1.165, 1.54) is 4.57 Å². The minimum atomic E-state index is -0.521. The number of ether oxygens (including phenoxy) is 1. The third-order valence-corrected chi connectivity index (χ3v) is 3.77. The highest BCUT2D eigenvalue weighted by Gasteiger charge is 2.19. The molecule has 0 aliphatic carbocycles. The Morgan fingerprint density at radius 1 is 1.08 bits per heavy atom. The standard InChI is InChI=1S/C19H17N3O4/c1-2-26-16(23)12-22-15-11-7-6-10-14(15)17(19(22)25)20-21-18(24)13-8-4-3-5-9-13/h3-11,25H,2,12H2,1H3. The zero-order valence-electron chi connectivity index (χ0n) is 14.1. The zero-order chi connectivity index (χ0) is 18.5. The average Bonchev–Trinajstić information content (AvgIpc) is 2.92. The summed E-state index contributed by atoms with van der Waals surface area (Å²) >= 11 is 0. The number of azo groups is 1. The summed E-state index contributed by atoms with van der Waals surface area (Å²) in [7, 11) is 0. The molecular weight excluding hydrogens is 334 g/mol. The lowest BCUT2D eigenvalue weighted by Crippen LogP contribution is -2.12. The first-order chi connectivity index (χ1) is 12.6. The fourth-order valence-corrected chi connectivity index (χ4v) is 2.60. The Morgan fingerprint density at radius 3 is 2.50 bits per heavy atom.